The molecule has 0 spiro atoms. The first-order chi connectivity index (χ1) is 9.59. The lowest BCUT2D eigenvalue weighted by Crippen LogP contribution is -2.21. The number of imidazole rings is 1. The van der Waals surface area contributed by atoms with Crippen molar-refractivity contribution in [1.29, 1.82) is 0 Å². The molecule has 8 heteroatoms. The summed E-state index contributed by atoms with van der Waals surface area (Å²) >= 11 is 0. The predicted octanol–water partition coefficient (Wildman–Crippen LogP) is 0.463. The van der Waals surface area contributed by atoms with Crippen LogP contribution in [0.25, 0.3) is 11.5 Å². The third-order valence-corrected chi connectivity index (χ3v) is 3.69. The highest BCUT2D eigenvalue weighted by Gasteiger charge is 2.33. The Bertz CT molecular complexity index is 647. The average molecular weight is 277 g/mol. The highest BCUT2D eigenvalue weighted by atomic mass is 16.4. The lowest BCUT2D eigenvalue weighted by Gasteiger charge is -2.17. The van der Waals surface area contributed by atoms with Crippen LogP contribution in [-0.2, 0) is 7.05 Å². The standard InChI is InChI=1S/C12H15N5O3/c1-16-6-5-13-11(16)10-9(12(19)20)14-15-17(10)7-3-2-4-8(7)18/h5-8,18H,2-4H2,1H3,(H,19,20). The van der Waals surface area contributed by atoms with E-state index in [-0.39, 0.29) is 11.7 Å². The largest absolute Gasteiger partial charge is 0.476 e. The summed E-state index contributed by atoms with van der Waals surface area (Å²) in [6.07, 6.45) is 5.10. The van der Waals surface area contributed by atoms with Gasteiger partial charge in [-0.3, -0.25) is 0 Å². The van der Waals surface area contributed by atoms with E-state index in [1.165, 1.54) is 4.68 Å². The number of carboxylic acids is 1. The van der Waals surface area contributed by atoms with Crippen molar-refractivity contribution in [1.82, 2.24) is 24.5 Å². The summed E-state index contributed by atoms with van der Waals surface area (Å²) in [5, 5.41) is 27.0. The fraction of sp³-hybridized carbons (Fsp3) is 0.500. The SMILES string of the molecule is Cn1ccnc1-c1c(C(=O)O)nnn1C1CCCC1O. The van der Waals surface area contributed by atoms with E-state index in [1.54, 1.807) is 24.0 Å². The molecule has 0 radical (unpaired) electrons. The summed E-state index contributed by atoms with van der Waals surface area (Å²) < 4.78 is 3.21. The van der Waals surface area contributed by atoms with Crippen LogP contribution in [0.4, 0.5) is 0 Å². The van der Waals surface area contributed by atoms with Crippen molar-refractivity contribution in [2.75, 3.05) is 0 Å². The van der Waals surface area contributed by atoms with Crippen molar-refractivity contribution in [2.45, 2.75) is 31.4 Å². The first-order valence-corrected chi connectivity index (χ1v) is 6.44. The van der Waals surface area contributed by atoms with Crippen LogP contribution in [0.3, 0.4) is 0 Å². The number of carboxylic acid groups (broad SMARTS) is 1. The molecule has 0 aromatic carbocycles. The number of hydrogen-bond donors (Lipinski definition) is 2. The van der Waals surface area contributed by atoms with E-state index in [0.717, 1.165) is 12.8 Å². The van der Waals surface area contributed by atoms with Crippen LogP contribution < -0.4 is 0 Å². The van der Waals surface area contributed by atoms with Gasteiger partial charge in [-0.05, 0) is 19.3 Å². The molecular formula is C12H15N5O3. The molecule has 2 unspecified atom stereocenters. The molecule has 2 heterocycles. The second kappa shape index (κ2) is 4.71. The number of nitrogens with zero attached hydrogens (tertiary/aromatic N) is 5. The number of rotatable bonds is 3. The quantitative estimate of drug-likeness (QED) is 0.844. The number of aliphatic hydroxyl groups is 1. The van der Waals surface area contributed by atoms with Gasteiger partial charge < -0.3 is 14.8 Å². The van der Waals surface area contributed by atoms with E-state index in [9.17, 15) is 15.0 Å². The van der Waals surface area contributed by atoms with Gasteiger partial charge in [-0.2, -0.15) is 0 Å². The zero-order valence-electron chi connectivity index (χ0n) is 11.0. The van der Waals surface area contributed by atoms with Crippen LogP contribution in [0, 0.1) is 0 Å². The normalized spacial score (nSPS) is 22.3. The Morgan fingerprint density at radius 1 is 1.45 bits per heavy atom. The van der Waals surface area contributed by atoms with Crippen molar-refractivity contribution >= 4 is 5.97 Å². The maximum atomic E-state index is 11.3. The summed E-state index contributed by atoms with van der Waals surface area (Å²) in [6.45, 7) is 0. The van der Waals surface area contributed by atoms with Crippen LogP contribution in [0.1, 0.15) is 35.8 Å². The van der Waals surface area contributed by atoms with Gasteiger partial charge in [0, 0.05) is 19.4 Å². The van der Waals surface area contributed by atoms with Crippen LogP contribution in [-0.4, -0.2) is 46.8 Å². The summed E-state index contributed by atoms with van der Waals surface area (Å²) in [6, 6.07) is -0.248. The van der Waals surface area contributed by atoms with E-state index in [2.05, 4.69) is 15.3 Å². The number of carbonyl (C=O) groups is 1. The van der Waals surface area contributed by atoms with Gasteiger partial charge in [0.25, 0.3) is 0 Å². The molecule has 8 nitrogen and oxygen atoms in total. The molecule has 1 saturated carbocycles. The molecule has 1 aliphatic carbocycles. The molecule has 2 atom stereocenters. The van der Waals surface area contributed by atoms with Crippen LogP contribution in [0.15, 0.2) is 12.4 Å². The molecule has 20 heavy (non-hydrogen) atoms. The van der Waals surface area contributed by atoms with Gasteiger partial charge in [0.05, 0.1) is 12.1 Å². The third-order valence-electron chi connectivity index (χ3n) is 3.69. The molecule has 106 valence electrons. The first-order valence-electron chi connectivity index (χ1n) is 6.44. The Morgan fingerprint density at radius 3 is 2.80 bits per heavy atom. The van der Waals surface area contributed by atoms with Crippen LogP contribution in [0.5, 0.6) is 0 Å². The summed E-state index contributed by atoms with van der Waals surface area (Å²) in [7, 11) is 1.77. The second-order valence-electron chi connectivity index (χ2n) is 4.96. The summed E-state index contributed by atoms with van der Waals surface area (Å²) in [4.78, 5) is 15.5. The van der Waals surface area contributed by atoms with E-state index < -0.39 is 12.1 Å². The molecule has 0 amide bonds. The molecule has 0 saturated heterocycles. The maximum Gasteiger partial charge on any atom is 0.358 e. The topological polar surface area (TPSA) is 106 Å². The molecular weight excluding hydrogens is 262 g/mol. The summed E-state index contributed by atoms with van der Waals surface area (Å²) in [5.41, 5.74) is 0.203. The molecule has 0 aliphatic heterocycles. The Hall–Kier alpha value is -2.22. The van der Waals surface area contributed by atoms with E-state index in [4.69, 9.17) is 0 Å². The first kappa shape index (κ1) is 12.8. The summed E-state index contributed by atoms with van der Waals surface area (Å²) in [5.74, 6) is -0.673. The molecule has 0 bridgehead atoms. The minimum atomic E-state index is -1.15. The monoisotopic (exact) mass is 277 g/mol. The molecule has 3 rings (SSSR count). The van der Waals surface area contributed by atoms with Crippen molar-refractivity contribution in [3.05, 3.63) is 18.1 Å². The molecule has 1 aliphatic rings. The van der Waals surface area contributed by atoms with Gasteiger partial charge in [-0.15, -0.1) is 5.10 Å². The highest BCUT2D eigenvalue weighted by Crippen LogP contribution is 2.33. The lowest BCUT2D eigenvalue weighted by molar-refractivity contribution is 0.0691. The average Bonchev–Trinajstić information content (AvgIpc) is 3.07. The molecule has 2 aromatic rings. The number of aromatic nitrogens is 5. The third kappa shape index (κ3) is 1.88. The molecule has 2 aromatic heterocycles. The van der Waals surface area contributed by atoms with E-state index in [1.807, 2.05) is 0 Å². The fourth-order valence-electron chi connectivity index (χ4n) is 2.68. The number of aryl methyl sites for hydroxylation is 1. The van der Waals surface area contributed by atoms with Crippen molar-refractivity contribution < 1.29 is 15.0 Å². The predicted molar refractivity (Wildman–Crippen MR) is 68.1 cm³/mol. The van der Waals surface area contributed by atoms with Gasteiger partial charge in [-0.1, -0.05) is 5.21 Å². The van der Waals surface area contributed by atoms with Gasteiger partial charge in [0.2, 0.25) is 5.69 Å². The van der Waals surface area contributed by atoms with Crippen molar-refractivity contribution in [2.24, 2.45) is 7.05 Å². The Labute approximate surface area is 114 Å². The van der Waals surface area contributed by atoms with E-state index in [0.29, 0.717) is 17.9 Å². The van der Waals surface area contributed by atoms with Crippen LogP contribution >= 0.6 is 0 Å². The Balaban J connectivity index is 2.16. The van der Waals surface area contributed by atoms with Gasteiger partial charge in [-0.25, -0.2) is 14.5 Å². The molecule has 2 N–H and O–H groups in total. The lowest BCUT2D eigenvalue weighted by atomic mass is 10.2. The number of aromatic carboxylic acids is 1. The smallest absolute Gasteiger partial charge is 0.358 e. The fourth-order valence-corrected chi connectivity index (χ4v) is 2.68. The van der Waals surface area contributed by atoms with Crippen molar-refractivity contribution in [3.63, 3.8) is 0 Å². The van der Waals surface area contributed by atoms with Crippen LogP contribution in [0.2, 0.25) is 0 Å². The van der Waals surface area contributed by atoms with Gasteiger partial charge in [0.15, 0.2) is 5.82 Å². The highest BCUT2D eigenvalue weighted by molar-refractivity contribution is 5.91. The second-order valence-corrected chi connectivity index (χ2v) is 4.96. The minimum Gasteiger partial charge on any atom is -0.476 e. The zero-order valence-corrected chi connectivity index (χ0v) is 11.0. The van der Waals surface area contributed by atoms with E-state index >= 15 is 0 Å². The maximum absolute atomic E-state index is 11.3. The van der Waals surface area contributed by atoms with Gasteiger partial charge >= 0.3 is 5.97 Å². The van der Waals surface area contributed by atoms with Crippen molar-refractivity contribution in [3.8, 4) is 11.5 Å². The Morgan fingerprint density at radius 2 is 2.25 bits per heavy atom. The van der Waals surface area contributed by atoms with Gasteiger partial charge in [0.1, 0.15) is 5.69 Å². The number of hydrogen-bond acceptors (Lipinski definition) is 5. The molecule has 1 fully saturated rings. The zero-order chi connectivity index (χ0) is 14.3. The number of aliphatic hydroxyl groups excluding tert-OH is 1. The minimum absolute atomic E-state index is 0.140. The Kier molecular flexibility index (Phi) is 3.01.